The molecule has 0 aromatic heterocycles. The second kappa shape index (κ2) is 7.45. The zero-order valence-electron chi connectivity index (χ0n) is 13.7. The minimum atomic E-state index is -0.503. The molecule has 2 aliphatic rings. The largest absolute Gasteiger partial charge is 0.347 e. The summed E-state index contributed by atoms with van der Waals surface area (Å²) in [6, 6.07) is 0.0602. The van der Waals surface area contributed by atoms with Crippen molar-refractivity contribution < 1.29 is 14.3 Å². The zero-order chi connectivity index (χ0) is 15.3. The van der Waals surface area contributed by atoms with Crippen LogP contribution in [0.3, 0.4) is 0 Å². The van der Waals surface area contributed by atoms with E-state index in [2.05, 4.69) is 19.2 Å². The van der Waals surface area contributed by atoms with Gasteiger partial charge >= 0.3 is 6.03 Å². The number of hydrogen-bond donors (Lipinski definition) is 1. The molecule has 2 amide bonds. The summed E-state index contributed by atoms with van der Waals surface area (Å²) >= 11 is 0. The van der Waals surface area contributed by atoms with Crippen LogP contribution in [0.2, 0.25) is 0 Å². The Hall–Kier alpha value is -0.810. The lowest BCUT2D eigenvalue weighted by Crippen LogP contribution is -2.51. The highest BCUT2D eigenvalue weighted by atomic mass is 16.7. The van der Waals surface area contributed by atoms with Crippen molar-refractivity contribution in [3.8, 4) is 0 Å². The predicted molar refractivity (Wildman–Crippen MR) is 82.1 cm³/mol. The number of carbonyl (C=O) groups excluding carboxylic acids is 1. The summed E-state index contributed by atoms with van der Waals surface area (Å²) in [7, 11) is 0. The molecule has 21 heavy (non-hydrogen) atoms. The van der Waals surface area contributed by atoms with Crippen LogP contribution in [0.15, 0.2) is 0 Å². The molecule has 2 fully saturated rings. The fourth-order valence-corrected chi connectivity index (χ4v) is 3.17. The van der Waals surface area contributed by atoms with Crippen molar-refractivity contribution >= 4 is 6.03 Å². The van der Waals surface area contributed by atoms with Crippen LogP contribution in [0.4, 0.5) is 4.79 Å². The molecule has 2 aliphatic heterocycles. The first-order chi connectivity index (χ1) is 10.0. The van der Waals surface area contributed by atoms with Crippen molar-refractivity contribution in [1.29, 1.82) is 0 Å². The summed E-state index contributed by atoms with van der Waals surface area (Å²) in [4.78, 5) is 14.2. The Morgan fingerprint density at radius 1 is 1.38 bits per heavy atom. The lowest BCUT2D eigenvalue weighted by molar-refractivity contribution is -0.189. The zero-order valence-corrected chi connectivity index (χ0v) is 13.7. The highest BCUT2D eigenvalue weighted by Crippen LogP contribution is 2.33. The quantitative estimate of drug-likeness (QED) is 0.794. The predicted octanol–water partition coefficient (Wildman–Crippen LogP) is 2.61. The molecular weight excluding hydrogens is 268 g/mol. The van der Waals surface area contributed by atoms with Crippen LogP contribution in [0, 0.1) is 11.8 Å². The summed E-state index contributed by atoms with van der Waals surface area (Å²) in [6.07, 6.45) is 4.29. The van der Waals surface area contributed by atoms with Gasteiger partial charge in [0.1, 0.15) is 0 Å². The molecule has 122 valence electrons. The molecule has 0 aromatic carbocycles. The van der Waals surface area contributed by atoms with Crippen LogP contribution in [-0.4, -0.2) is 49.6 Å². The second-order valence-electron chi connectivity index (χ2n) is 6.77. The van der Waals surface area contributed by atoms with Gasteiger partial charge in [-0.25, -0.2) is 4.79 Å². The summed E-state index contributed by atoms with van der Waals surface area (Å²) in [5.74, 6) is 0.462. The van der Waals surface area contributed by atoms with Gasteiger partial charge in [0.15, 0.2) is 5.79 Å². The van der Waals surface area contributed by atoms with E-state index in [0.717, 1.165) is 45.3 Å². The Balaban J connectivity index is 1.76. The first kappa shape index (κ1) is 16.6. The van der Waals surface area contributed by atoms with Crippen LogP contribution in [0.25, 0.3) is 0 Å². The van der Waals surface area contributed by atoms with Crippen molar-refractivity contribution in [1.82, 2.24) is 10.2 Å². The first-order valence-electron chi connectivity index (χ1n) is 8.32. The lowest BCUT2D eigenvalue weighted by Gasteiger charge is -2.39. The third-order valence-corrected chi connectivity index (χ3v) is 4.55. The number of urea groups is 1. The Bertz CT molecular complexity index is 340. The van der Waals surface area contributed by atoms with Gasteiger partial charge in [-0.05, 0) is 38.5 Å². The van der Waals surface area contributed by atoms with Gasteiger partial charge in [0, 0.05) is 25.6 Å². The molecule has 0 saturated carbocycles. The molecule has 0 radical (unpaired) electrons. The Morgan fingerprint density at radius 2 is 2.10 bits per heavy atom. The van der Waals surface area contributed by atoms with Crippen molar-refractivity contribution in [3.05, 3.63) is 0 Å². The summed E-state index contributed by atoms with van der Waals surface area (Å²) < 4.78 is 11.5. The molecule has 5 heteroatoms. The van der Waals surface area contributed by atoms with E-state index in [1.54, 1.807) is 0 Å². The molecule has 0 aromatic rings. The van der Waals surface area contributed by atoms with E-state index in [-0.39, 0.29) is 11.9 Å². The third kappa shape index (κ3) is 4.58. The number of hydrogen-bond acceptors (Lipinski definition) is 3. The van der Waals surface area contributed by atoms with Gasteiger partial charge in [0.05, 0.1) is 13.2 Å². The molecule has 2 saturated heterocycles. The van der Waals surface area contributed by atoms with E-state index >= 15 is 0 Å². The number of nitrogens with one attached hydrogen (secondary N) is 1. The third-order valence-electron chi connectivity index (χ3n) is 4.55. The normalized spacial score (nSPS) is 25.3. The topological polar surface area (TPSA) is 50.8 Å². The van der Waals surface area contributed by atoms with E-state index in [1.165, 1.54) is 0 Å². The molecule has 2 rings (SSSR count). The molecule has 5 nitrogen and oxygen atoms in total. The Morgan fingerprint density at radius 3 is 2.76 bits per heavy atom. The SMILES string of the molecule is CC(C)CCCNC(=O)N1CCC[C@H](C2(C)OCCO2)C1. The number of amides is 2. The van der Waals surface area contributed by atoms with Gasteiger partial charge in [-0.15, -0.1) is 0 Å². The monoisotopic (exact) mass is 298 g/mol. The van der Waals surface area contributed by atoms with Crippen LogP contribution in [-0.2, 0) is 9.47 Å². The standard InChI is InChI=1S/C16H30N2O3/c1-13(2)6-4-8-17-15(19)18-9-5-7-14(12-18)16(3)20-10-11-21-16/h13-14H,4-12H2,1-3H3,(H,17,19)/t14-/m0/s1. The molecule has 2 heterocycles. The number of ether oxygens (including phenoxy) is 2. The van der Waals surface area contributed by atoms with Crippen LogP contribution in [0.5, 0.6) is 0 Å². The van der Waals surface area contributed by atoms with Gasteiger partial charge in [0.2, 0.25) is 0 Å². The van der Waals surface area contributed by atoms with Crippen LogP contribution in [0.1, 0.15) is 46.5 Å². The molecule has 0 spiro atoms. The minimum Gasteiger partial charge on any atom is -0.347 e. The average molecular weight is 298 g/mol. The number of nitrogens with zero attached hydrogens (tertiary/aromatic N) is 1. The molecule has 1 atom stereocenters. The van der Waals surface area contributed by atoms with Gasteiger partial charge < -0.3 is 19.7 Å². The second-order valence-corrected chi connectivity index (χ2v) is 6.77. The molecule has 1 N–H and O–H groups in total. The minimum absolute atomic E-state index is 0.0602. The fourth-order valence-electron chi connectivity index (χ4n) is 3.17. The molecule has 0 aliphatic carbocycles. The lowest BCUT2D eigenvalue weighted by atomic mass is 9.90. The van der Waals surface area contributed by atoms with Gasteiger partial charge in [-0.2, -0.15) is 0 Å². The van der Waals surface area contributed by atoms with E-state index in [1.807, 2.05) is 11.8 Å². The van der Waals surface area contributed by atoms with Crippen molar-refractivity contribution in [2.24, 2.45) is 11.8 Å². The highest BCUT2D eigenvalue weighted by Gasteiger charge is 2.42. The maximum atomic E-state index is 12.2. The maximum absolute atomic E-state index is 12.2. The average Bonchev–Trinajstić information content (AvgIpc) is 2.91. The summed E-state index contributed by atoms with van der Waals surface area (Å²) in [5.41, 5.74) is 0. The van der Waals surface area contributed by atoms with E-state index in [0.29, 0.717) is 19.1 Å². The highest BCUT2D eigenvalue weighted by molar-refractivity contribution is 5.74. The number of rotatable bonds is 5. The van der Waals surface area contributed by atoms with Crippen LogP contribution < -0.4 is 5.32 Å². The first-order valence-corrected chi connectivity index (χ1v) is 8.32. The van der Waals surface area contributed by atoms with Crippen LogP contribution >= 0.6 is 0 Å². The summed E-state index contributed by atoms with van der Waals surface area (Å²) in [5, 5.41) is 3.04. The molecule has 0 unspecified atom stereocenters. The van der Waals surface area contributed by atoms with Gasteiger partial charge in [-0.3, -0.25) is 0 Å². The van der Waals surface area contributed by atoms with E-state index in [4.69, 9.17) is 9.47 Å². The molecule has 0 bridgehead atoms. The van der Waals surface area contributed by atoms with Gasteiger partial charge in [-0.1, -0.05) is 13.8 Å². The van der Waals surface area contributed by atoms with E-state index in [9.17, 15) is 4.79 Å². The van der Waals surface area contributed by atoms with Crippen molar-refractivity contribution in [2.75, 3.05) is 32.8 Å². The van der Waals surface area contributed by atoms with Crippen molar-refractivity contribution in [2.45, 2.75) is 52.2 Å². The Kier molecular flexibility index (Phi) is 5.88. The Labute approximate surface area is 128 Å². The van der Waals surface area contributed by atoms with Gasteiger partial charge in [0.25, 0.3) is 0 Å². The number of carbonyl (C=O) groups is 1. The van der Waals surface area contributed by atoms with E-state index < -0.39 is 5.79 Å². The molecular formula is C16H30N2O3. The van der Waals surface area contributed by atoms with Crippen molar-refractivity contribution in [3.63, 3.8) is 0 Å². The summed E-state index contributed by atoms with van der Waals surface area (Å²) in [6.45, 7) is 10.1. The number of likely N-dealkylation sites (tertiary alicyclic amines) is 1. The fraction of sp³-hybridized carbons (Fsp3) is 0.938. The maximum Gasteiger partial charge on any atom is 0.317 e. The smallest absolute Gasteiger partial charge is 0.317 e. The number of piperidine rings is 1.